The summed E-state index contributed by atoms with van der Waals surface area (Å²) in [6, 6.07) is 0. The maximum atomic E-state index is 10.3. The average molecular weight is 215 g/mol. The van der Waals surface area contributed by atoms with E-state index in [0.717, 1.165) is 0 Å². The highest BCUT2D eigenvalue weighted by Crippen LogP contribution is 2.04. The fourth-order valence-electron chi connectivity index (χ4n) is 0.364. The number of carbonyl (C=O) groups is 1. The maximum absolute atomic E-state index is 10.3. The predicted octanol–water partition coefficient (Wildman–Crippen LogP) is -0.410. The quantitative estimate of drug-likeness (QED) is 0.368. The largest absolute Gasteiger partial charge is 0.408 e. The Balaban J connectivity index is 3.29. The van der Waals surface area contributed by atoms with Gasteiger partial charge in [-0.2, -0.15) is 12.0 Å². The summed E-state index contributed by atoms with van der Waals surface area (Å²) in [7, 11) is -4.37. The van der Waals surface area contributed by atoms with Crippen LogP contribution in [0.5, 0.6) is 0 Å². The molecule has 0 atom stereocenters. The van der Waals surface area contributed by atoms with Crippen molar-refractivity contribution in [1.29, 1.82) is 0 Å². The van der Waals surface area contributed by atoms with E-state index in [9.17, 15) is 13.2 Å². The first-order valence-corrected chi connectivity index (χ1v) is 5.22. The zero-order chi connectivity index (χ0) is 9.61. The lowest BCUT2D eigenvalue weighted by molar-refractivity contribution is -0.118. The second-order valence-corrected chi connectivity index (χ2v) is 3.84. The van der Waals surface area contributed by atoms with E-state index in [1.54, 1.807) is 0 Å². The number of carbonyl (C=O) groups excluding carboxylic acids is 1. The van der Waals surface area contributed by atoms with Gasteiger partial charge in [-0.15, -0.1) is 0 Å². The lowest BCUT2D eigenvalue weighted by atomic mass is 10.6. The molecular weight excluding hydrogens is 206 g/mol. The van der Waals surface area contributed by atoms with Crippen molar-refractivity contribution in [3.8, 4) is 0 Å². The molecule has 0 rings (SSSR count). The van der Waals surface area contributed by atoms with Crippen molar-refractivity contribution in [2.45, 2.75) is 6.92 Å². The molecule has 0 fully saturated rings. The molecule has 0 aromatic carbocycles. The van der Waals surface area contributed by atoms with E-state index in [1.165, 1.54) is 6.92 Å². The van der Waals surface area contributed by atoms with Gasteiger partial charge in [0.2, 0.25) is 5.91 Å². The Kier molecular flexibility index (Phi) is 5.22. The van der Waals surface area contributed by atoms with Crippen molar-refractivity contribution >= 4 is 28.3 Å². The zero-order valence-electron chi connectivity index (χ0n) is 6.31. The number of amides is 1. The molecule has 72 valence electrons. The smallest absolute Gasteiger partial charge is 0.355 e. The van der Waals surface area contributed by atoms with Gasteiger partial charge in [0.25, 0.3) is 0 Å². The Hall–Kier alpha value is -0.310. The highest BCUT2D eigenvalue weighted by atomic mass is 32.3. The van der Waals surface area contributed by atoms with E-state index >= 15 is 0 Å². The highest BCUT2D eigenvalue weighted by molar-refractivity contribution is 8.02. The van der Waals surface area contributed by atoms with Gasteiger partial charge in [-0.1, -0.05) is 0 Å². The van der Waals surface area contributed by atoms with Gasteiger partial charge in [0.1, 0.15) is 0 Å². The molecule has 0 saturated heterocycles. The van der Waals surface area contributed by atoms with Crippen LogP contribution in [0.1, 0.15) is 6.92 Å². The standard InChI is InChI=1S/C4H9NO5S2/c1-4(6)5-2-3-11-10-12(7,8)9/h2-3H2,1H3,(H,5,6)(H,7,8,9). The summed E-state index contributed by atoms with van der Waals surface area (Å²) in [6.07, 6.45) is 0. The molecule has 0 heterocycles. The lowest BCUT2D eigenvalue weighted by Crippen LogP contribution is -2.22. The van der Waals surface area contributed by atoms with E-state index in [4.69, 9.17) is 4.55 Å². The van der Waals surface area contributed by atoms with E-state index in [1.807, 2.05) is 0 Å². The van der Waals surface area contributed by atoms with E-state index in [2.05, 4.69) is 8.95 Å². The summed E-state index contributed by atoms with van der Waals surface area (Å²) in [5, 5.41) is 2.42. The van der Waals surface area contributed by atoms with Crippen LogP contribution in [-0.4, -0.2) is 31.2 Å². The monoisotopic (exact) mass is 215 g/mol. The summed E-state index contributed by atoms with van der Waals surface area (Å²) in [4.78, 5) is 10.3. The Morgan fingerprint density at radius 3 is 2.67 bits per heavy atom. The van der Waals surface area contributed by atoms with Crippen LogP contribution < -0.4 is 5.32 Å². The van der Waals surface area contributed by atoms with E-state index in [-0.39, 0.29) is 18.2 Å². The molecule has 0 saturated carbocycles. The SMILES string of the molecule is CC(=O)NCCSOS(=O)(=O)O. The van der Waals surface area contributed by atoms with Crippen molar-refractivity contribution in [3.63, 3.8) is 0 Å². The zero-order valence-corrected chi connectivity index (χ0v) is 7.94. The molecule has 6 nitrogen and oxygen atoms in total. The molecule has 8 heteroatoms. The van der Waals surface area contributed by atoms with Crippen molar-refractivity contribution in [2.75, 3.05) is 12.3 Å². The second kappa shape index (κ2) is 5.36. The fraction of sp³-hybridized carbons (Fsp3) is 0.750. The normalized spacial score (nSPS) is 11.2. The van der Waals surface area contributed by atoms with Crippen LogP contribution in [0.15, 0.2) is 0 Å². The van der Waals surface area contributed by atoms with Gasteiger partial charge in [-0.25, -0.2) is 0 Å². The van der Waals surface area contributed by atoms with Gasteiger partial charge in [0.05, 0.1) is 0 Å². The summed E-state index contributed by atoms with van der Waals surface area (Å²) < 4.78 is 31.9. The molecule has 0 spiro atoms. The minimum Gasteiger partial charge on any atom is -0.355 e. The predicted molar refractivity (Wildman–Crippen MR) is 43.8 cm³/mol. The minimum absolute atomic E-state index is 0.206. The average Bonchev–Trinajstić information content (AvgIpc) is 1.83. The van der Waals surface area contributed by atoms with Gasteiger partial charge in [-0.05, 0) is 0 Å². The fourth-order valence-corrected chi connectivity index (χ4v) is 1.31. The molecule has 0 aliphatic carbocycles. The van der Waals surface area contributed by atoms with Gasteiger partial charge in [0, 0.05) is 31.3 Å². The number of hydrogen-bond donors (Lipinski definition) is 2. The molecule has 0 aromatic heterocycles. The molecular formula is C4H9NO5S2. The third-order valence-corrected chi connectivity index (χ3v) is 2.14. The molecule has 0 aliphatic rings. The van der Waals surface area contributed by atoms with Crippen LogP contribution in [0, 0.1) is 0 Å². The first kappa shape index (κ1) is 11.7. The minimum atomic E-state index is -4.37. The summed E-state index contributed by atoms with van der Waals surface area (Å²) in [5.41, 5.74) is 0. The lowest BCUT2D eigenvalue weighted by Gasteiger charge is -1.99. The molecule has 12 heavy (non-hydrogen) atoms. The Labute approximate surface area is 74.8 Å². The molecule has 2 N–H and O–H groups in total. The molecule has 1 amide bonds. The van der Waals surface area contributed by atoms with Gasteiger partial charge in [-0.3, -0.25) is 9.35 Å². The number of hydrogen-bond acceptors (Lipinski definition) is 5. The van der Waals surface area contributed by atoms with Crippen LogP contribution in [0.25, 0.3) is 0 Å². The number of nitrogens with one attached hydrogen (secondary N) is 1. The maximum Gasteiger partial charge on any atom is 0.408 e. The summed E-state index contributed by atoms with van der Waals surface area (Å²) in [5.74, 6) is 0.0433. The first-order valence-electron chi connectivity index (χ1n) is 2.95. The van der Waals surface area contributed by atoms with Crippen molar-refractivity contribution in [1.82, 2.24) is 5.32 Å². The summed E-state index contributed by atoms with van der Waals surface area (Å²) in [6.45, 7) is 1.63. The molecule has 0 aromatic rings. The van der Waals surface area contributed by atoms with Crippen LogP contribution in [0.3, 0.4) is 0 Å². The van der Waals surface area contributed by atoms with Crippen LogP contribution in [-0.2, 0) is 18.8 Å². The number of rotatable bonds is 5. The molecule has 0 unspecified atom stereocenters. The van der Waals surface area contributed by atoms with Gasteiger partial charge < -0.3 is 5.32 Å². The topological polar surface area (TPSA) is 92.7 Å². The Bertz CT molecular complexity index is 236. The van der Waals surface area contributed by atoms with Gasteiger partial charge >= 0.3 is 10.4 Å². The van der Waals surface area contributed by atoms with Crippen LogP contribution >= 0.6 is 12.0 Å². The third-order valence-electron chi connectivity index (χ3n) is 0.693. The van der Waals surface area contributed by atoms with Crippen molar-refractivity contribution in [2.24, 2.45) is 0 Å². The molecule has 0 radical (unpaired) electrons. The Morgan fingerprint density at radius 1 is 1.67 bits per heavy atom. The first-order chi connectivity index (χ1) is 5.42. The van der Waals surface area contributed by atoms with Crippen molar-refractivity contribution < 1.29 is 21.4 Å². The van der Waals surface area contributed by atoms with Crippen LogP contribution in [0.4, 0.5) is 0 Å². The van der Waals surface area contributed by atoms with Gasteiger partial charge in [0.15, 0.2) is 0 Å². The Morgan fingerprint density at radius 2 is 2.25 bits per heavy atom. The van der Waals surface area contributed by atoms with Crippen molar-refractivity contribution in [3.05, 3.63) is 0 Å². The van der Waals surface area contributed by atoms with Crippen LogP contribution in [0.2, 0.25) is 0 Å². The second-order valence-electron chi connectivity index (χ2n) is 1.80. The summed E-state index contributed by atoms with van der Waals surface area (Å²) >= 11 is 0.549. The van der Waals surface area contributed by atoms with E-state index in [0.29, 0.717) is 12.0 Å². The third kappa shape index (κ3) is 9.69. The highest BCUT2D eigenvalue weighted by Gasteiger charge is 2.03. The molecule has 0 aliphatic heterocycles. The van der Waals surface area contributed by atoms with E-state index < -0.39 is 10.4 Å². The molecule has 0 bridgehead atoms.